The number of hydrogen-bond acceptors (Lipinski definition) is 3. The Morgan fingerprint density at radius 3 is 2.90 bits per heavy atom. The first-order chi connectivity index (χ1) is 9.56. The zero-order valence-electron chi connectivity index (χ0n) is 11.9. The lowest BCUT2D eigenvalue weighted by Gasteiger charge is -2.29. The van der Waals surface area contributed by atoms with Gasteiger partial charge in [-0.1, -0.05) is 18.6 Å². The molecule has 5 nitrogen and oxygen atoms in total. The molecule has 1 atom stereocenters. The second-order valence-electron chi connectivity index (χ2n) is 4.77. The third-order valence-corrected chi connectivity index (χ3v) is 3.45. The lowest BCUT2D eigenvalue weighted by molar-refractivity contribution is -0.121. The average Bonchev–Trinajstić information content (AvgIpc) is 2.39. The number of carbonyl (C=O) groups excluding carboxylic acids is 2. The van der Waals surface area contributed by atoms with Crippen molar-refractivity contribution in [2.24, 2.45) is 10.9 Å². The third-order valence-electron chi connectivity index (χ3n) is 3.45. The maximum atomic E-state index is 12.0. The van der Waals surface area contributed by atoms with Crippen LogP contribution in [0.3, 0.4) is 0 Å². The van der Waals surface area contributed by atoms with E-state index < -0.39 is 0 Å². The number of amides is 2. The van der Waals surface area contributed by atoms with Crippen LogP contribution in [-0.4, -0.2) is 31.2 Å². The smallest absolute Gasteiger partial charge is 0.272 e. The van der Waals surface area contributed by atoms with Gasteiger partial charge in [0.15, 0.2) is 0 Å². The van der Waals surface area contributed by atoms with E-state index in [4.69, 9.17) is 4.74 Å². The largest absolute Gasteiger partial charge is 0.375 e. The van der Waals surface area contributed by atoms with Gasteiger partial charge in [-0.05, 0) is 25.5 Å². The molecule has 1 aliphatic carbocycles. The van der Waals surface area contributed by atoms with Gasteiger partial charge in [-0.3, -0.25) is 9.59 Å². The number of nitrogens with zero attached hydrogens (tertiary/aromatic N) is 1. The van der Waals surface area contributed by atoms with Crippen molar-refractivity contribution < 1.29 is 14.3 Å². The van der Waals surface area contributed by atoms with Crippen LogP contribution in [0, 0.1) is 5.92 Å². The van der Waals surface area contributed by atoms with E-state index in [1.54, 1.807) is 12.2 Å². The second-order valence-corrected chi connectivity index (χ2v) is 4.77. The maximum Gasteiger partial charge on any atom is 0.272 e. The lowest BCUT2D eigenvalue weighted by atomic mass is 9.84. The summed E-state index contributed by atoms with van der Waals surface area (Å²) in [6.45, 7) is 3.89. The Balaban J connectivity index is 2.28. The van der Waals surface area contributed by atoms with E-state index in [2.05, 4.69) is 10.3 Å². The molecule has 0 bridgehead atoms. The van der Waals surface area contributed by atoms with Gasteiger partial charge in [0.25, 0.3) is 11.8 Å². The number of rotatable bonds is 3. The van der Waals surface area contributed by atoms with Crippen LogP contribution < -0.4 is 5.32 Å². The van der Waals surface area contributed by atoms with Crippen molar-refractivity contribution in [3.8, 4) is 0 Å². The van der Waals surface area contributed by atoms with Crippen molar-refractivity contribution in [2.75, 3.05) is 13.7 Å². The first kappa shape index (κ1) is 14.4. The molecule has 5 heteroatoms. The molecule has 0 aromatic carbocycles. The van der Waals surface area contributed by atoms with Crippen molar-refractivity contribution in [3.05, 3.63) is 35.1 Å². The van der Waals surface area contributed by atoms with E-state index in [0.717, 1.165) is 16.8 Å². The fourth-order valence-electron chi connectivity index (χ4n) is 2.47. The normalized spacial score (nSPS) is 23.6. The minimum Gasteiger partial charge on any atom is -0.375 e. The average molecular weight is 274 g/mol. The van der Waals surface area contributed by atoms with Gasteiger partial charge in [0, 0.05) is 24.3 Å². The van der Waals surface area contributed by atoms with Gasteiger partial charge in [-0.25, -0.2) is 4.99 Å². The Morgan fingerprint density at radius 1 is 1.50 bits per heavy atom. The highest BCUT2D eigenvalue weighted by Gasteiger charge is 2.28. The molecule has 2 rings (SSSR count). The van der Waals surface area contributed by atoms with Crippen molar-refractivity contribution in [1.29, 1.82) is 0 Å². The van der Waals surface area contributed by atoms with Crippen LogP contribution in [0.1, 0.15) is 20.3 Å². The summed E-state index contributed by atoms with van der Waals surface area (Å²) in [6.07, 6.45) is 6.21. The van der Waals surface area contributed by atoms with Gasteiger partial charge >= 0.3 is 0 Å². The van der Waals surface area contributed by atoms with Crippen molar-refractivity contribution in [2.45, 2.75) is 20.3 Å². The highest BCUT2D eigenvalue weighted by Crippen LogP contribution is 2.31. The number of ether oxygens (including phenoxy) is 1. The molecule has 1 heterocycles. The predicted molar refractivity (Wildman–Crippen MR) is 76.2 cm³/mol. The maximum absolute atomic E-state index is 12.0. The topological polar surface area (TPSA) is 67.8 Å². The first-order valence-electron chi connectivity index (χ1n) is 6.58. The summed E-state index contributed by atoms with van der Waals surface area (Å²) in [5.74, 6) is -0.337. The summed E-state index contributed by atoms with van der Waals surface area (Å²) < 4.78 is 4.74. The van der Waals surface area contributed by atoms with Gasteiger partial charge in [-0.15, -0.1) is 0 Å². The molecule has 0 radical (unpaired) electrons. The molecule has 2 aliphatic rings. The summed E-state index contributed by atoms with van der Waals surface area (Å²) >= 11 is 0. The minimum absolute atomic E-state index is 0.0464. The van der Waals surface area contributed by atoms with Crippen LogP contribution in [0.5, 0.6) is 0 Å². The van der Waals surface area contributed by atoms with Gasteiger partial charge in [0.05, 0.1) is 5.71 Å². The quantitative estimate of drug-likeness (QED) is 0.848. The van der Waals surface area contributed by atoms with Gasteiger partial charge in [0.2, 0.25) is 0 Å². The van der Waals surface area contributed by atoms with Crippen molar-refractivity contribution >= 4 is 17.5 Å². The lowest BCUT2D eigenvalue weighted by Crippen LogP contribution is -2.36. The summed E-state index contributed by atoms with van der Waals surface area (Å²) in [6, 6.07) is 0. The predicted octanol–water partition coefficient (Wildman–Crippen LogP) is 1.53. The van der Waals surface area contributed by atoms with Crippen LogP contribution in [0.15, 0.2) is 40.1 Å². The molecular formula is C15H18N2O3. The Labute approximate surface area is 118 Å². The van der Waals surface area contributed by atoms with Crippen LogP contribution in [-0.2, 0) is 14.3 Å². The number of allylic oxidation sites excluding steroid dienone is 3. The molecule has 0 aromatic rings. The Morgan fingerprint density at radius 2 is 2.25 bits per heavy atom. The number of hydrogen-bond donors (Lipinski definition) is 1. The number of carbonyl (C=O) groups is 2. The Bertz CT molecular complexity index is 568. The molecule has 1 N–H and O–H groups in total. The summed E-state index contributed by atoms with van der Waals surface area (Å²) in [7, 11) is 1.45. The van der Waals surface area contributed by atoms with E-state index in [-0.39, 0.29) is 24.3 Å². The van der Waals surface area contributed by atoms with Gasteiger partial charge < -0.3 is 10.1 Å². The fraction of sp³-hybridized carbons (Fsp3) is 0.400. The number of methoxy groups -OCH3 is 1. The van der Waals surface area contributed by atoms with E-state index in [0.29, 0.717) is 12.1 Å². The zero-order chi connectivity index (χ0) is 14.7. The highest BCUT2D eigenvalue weighted by molar-refractivity contribution is 6.11. The molecule has 0 saturated carbocycles. The van der Waals surface area contributed by atoms with E-state index >= 15 is 0 Å². The first-order valence-corrected chi connectivity index (χ1v) is 6.58. The highest BCUT2D eigenvalue weighted by atomic mass is 16.5. The van der Waals surface area contributed by atoms with E-state index in [1.807, 2.05) is 19.9 Å². The molecule has 1 aliphatic heterocycles. The molecule has 0 aromatic heterocycles. The fourth-order valence-corrected chi connectivity index (χ4v) is 2.47. The van der Waals surface area contributed by atoms with E-state index in [1.165, 1.54) is 7.11 Å². The van der Waals surface area contributed by atoms with Crippen LogP contribution in [0.2, 0.25) is 0 Å². The molecule has 2 amide bonds. The summed E-state index contributed by atoms with van der Waals surface area (Å²) in [5, 5.41) is 2.87. The second kappa shape index (κ2) is 5.96. The number of aliphatic imine (C=N–C) groups is 1. The molecule has 0 spiro atoms. The molecule has 1 unspecified atom stereocenters. The van der Waals surface area contributed by atoms with Crippen LogP contribution in [0.4, 0.5) is 0 Å². The summed E-state index contributed by atoms with van der Waals surface area (Å²) in [4.78, 5) is 27.3. The third kappa shape index (κ3) is 2.77. The zero-order valence-corrected chi connectivity index (χ0v) is 11.9. The van der Waals surface area contributed by atoms with Gasteiger partial charge in [0.1, 0.15) is 6.61 Å². The molecule has 0 fully saturated rings. The SMILES string of the molecule is CCC1=C(C)C2C=CC(=NC(=O)COC)C=C2NC1=O. The van der Waals surface area contributed by atoms with E-state index in [9.17, 15) is 9.59 Å². The monoisotopic (exact) mass is 274 g/mol. The molecule has 20 heavy (non-hydrogen) atoms. The van der Waals surface area contributed by atoms with Crippen LogP contribution >= 0.6 is 0 Å². The van der Waals surface area contributed by atoms with Crippen molar-refractivity contribution in [3.63, 3.8) is 0 Å². The van der Waals surface area contributed by atoms with Gasteiger partial charge in [-0.2, -0.15) is 0 Å². The minimum atomic E-state index is -0.342. The molecule has 106 valence electrons. The molecule has 0 saturated heterocycles. The Kier molecular flexibility index (Phi) is 4.29. The standard InChI is InChI=1S/C15H18N2O3/c1-4-11-9(2)12-6-5-10(16-14(18)8-20-3)7-13(12)17-15(11)19/h5-7,12H,4,8H2,1-3H3,(H,17,19). The van der Waals surface area contributed by atoms with Crippen LogP contribution in [0.25, 0.3) is 0 Å². The molecular weight excluding hydrogens is 256 g/mol. The van der Waals surface area contributed by atoms with Crippen molar-refractivity contribution in [1.82, 2.24) is 5.32 Å². The summed E-state index contributed by atoms with van der Waals surface area (Å²) in [5.41, 5.74) is 3.19. The number of fused-ring (bicyclic) bond motifs is 1. The Hall–Kier alpha value is -2.01. The number of nitrogens with one attached hydrogen (secondary N) is 1.